The van der Waals surface area contributed by atoms with Crippen molar-refractivity contribution in [3.8, 4) is 11.5 Å². The average molecular weight is 340 g/mol. The maximum absolute atomic E-state index is 12.5. The highest BCUT2D eigenvalue weighted by atomic mass is 16.4. The number of nitrogens with one attached hydrogen (secondary N) is 1. The number of benzene rings is 1. The normalized spacial score (nSPS) is 11.9. The number of phenolic OH excluding ortho intramolecular Hbond substituents is 1. The van der Waals surface area contributed by atoms with Gasteiger partial charge in [-0.25, -0.2) is 4.98 Å². The minimum Gasteiger partial charge on any atom is -0.508 e. The van der Waals surface area contributed by atoms with Crippen molar-refractivity contribution in [1.29, 1.82) is 0 Å². The fraction of sp³-hybridized carbons (Fsp3) is 0.111. The number of pyridine rings is 1. The van der Waals surface area contributed by atoms with E-state index in [1.807, 2.05) is 0 Å². The third-order valence-corrected chi connectivity index (χ3v) is 3.73. The molecule has 4 N–H and O–H groups in total. The standard InChI is InChI=1S/C18H16N2O5/c21-9-14-16(18(24)13(23)10-25-14)17(11-5-1-2-6-12(11)22)20-15-7-3-4-8-19-15/h1-8,10,17,21-23H,9H2,(H,19,20)/t17-/m1/s1. The van der Waals surface area contributed by atoms with E-state index in [9.17, 15) is 20.1 Å². The quantitative estimate of drug-likeness (QED) is 0.562. The van der Waals surface area contributed by atoms with Crippen LogP contribution in [0.3, 0.4) is 0 Å². The van der Waals surface area contributed by atoms with E-state index in [4.69, 9.17) is 4.42 Å². The smallest absolute Gasteiger partial charge is 0.232 e. The first kappa shape index (κ1) is 16.5. The SMILES string of the molecule is O=c1c(O)coc(CO)c1[C@H](Nc1ccccn1)c1ccccc1O. The predicted molar refractivity (Wildman–Crippen MR) is 90.4 cm³/mol. The molecule has 0 bridgehead atoms. The number of para-hydroxylation sites is 1. The maximum atomic E-state index is 12.5. The molecular formula is C18H16N2O5. The lowest BCUT2D eigenvalue weighted by molar-refractivity contribution is 0.238. The highest BCUT2D eigenvalue weighted by Gasteiger charge is 2.26. The van der Waals surface area contributed by atoms with E-state index in [2.05, 4.69) is 10.3 Å². The lowest BCUT2D eigenvalue weighted by atomic mass is 9.96. The van der Waals surface area contributed by atoms with Crippen LogP contribution in [-0.4, -0.2) is 20.3 Å². The van der Waals surface area contributed by atoms with E-state index in [-0.39, 0.29) is 17.1 Å². The molecule has 25 heavy (non-hydrogen) atoms. The molecule has 3 aromatic rings. The number of aromatic nitrogens is 1. The van der Waals surface area contributed by atoms with Crippen LogP contribution in [0.4, 0.5) is 5.82 Å². The van der Waals surface area contributed by atoms with E-state index in [1.54, 1.807) is 42.6 Å². The largest absolute Gasteiger partial charge is 0.508 e. The lowest BCUT2D eigenvalue weighted by Gasteiger charge is -2.22. The second-order valence-corrected chi connectivity index (χ2v) is 5.30. The van der Waals surface area contributed by atoms with E-state index < -0.39 is 23.8 Å². The second-order valence-electron chi connectivity index (χ2n) is 5.30. The molecule has 7 heteroatoms. The van der Waals surface area contributed by atoms with Gasteiger partial charge in [0.1, 0.15) is 30.2 Å². The number of aliphatic hydroxyl groups excluding tert-OH is 1. The van der Waals surface area contributed by atoms with Crippen LogP contribution in [0, 0.1) is 0 Å². The summed E-state index contributed by atoms with van der Waals surface area (Å²) in [6.45, 7) is -0.543. The molecule has 0 amide bonds. The summed E-state index contributed by atoms with van der Waals surface area (Å²) >= 11 is 0. The van der Waals surface area contributed by atoms with Gasteiger partial charge in [0.15, 0.2) is 5.75 Å². The number of phenols is 1. The topological polar surface area (TPSA) is 116 Å². The first-order valence-corrected chi connectivity index (χ1v) is 7.51. The van der Waals surface area contributed by atoms with Crippen LogP contribution in [-0.2, 0) is 6.61 Å². The molecule has 3 rings (SSSR count). The minimum absolute atomic E-state index is 0.00495. The highest BCUT2D eigenvalue weighted by Crippen LogP contribution is 2.32. The average Bonchev–Trinajstić information content (AvgIpc) is 2.64. The Morgan fingerprint density at radius 3 is 2.52 bits per heavy atom. The molecule has 7 nitrogen and oxygen atoms in total. The molecular weight excluding hydrogens is 324 g/mol. The molecule has 2 aromatic heterocycles. The fourth-order valence-electron chi connectivity index (χ4n) is 2.56. The van der Waals surface area contributed by atoms with Gasteiger partial charge in [-0.2, -0.15) is 0 Å². The number of hydrogen-bond acceptors (Lipinski definition) is 7. The van der Waals surface area contributed by atoms with Crippen LogP contribution in [0.15, 0.2) is 64.1 Å². The molecule has 0 unspecified atom stereocenters. The molecule has 0 aliphatic heterocycles. The van der Waals surface area contributed by atoms with Crippen molar-refractivity contribution >= 4 is 5.82 Å². The Kier molecular flexibility index (Phi) is 4.67. The number of hydrogen-bond donors (Lipinski definition) is 4. The zero-order valence-electron chi connectivity index (χ0n) is 13.1. The van der Waals surface area contributed by atoms with Gasteiger partial charge in [0.2, 0.25) is 5.43 Å². The third kappa shape index (κ3) is 3.31. The molecule has 0 radical (unpaired) electrons. The number of aliphatic hydroxyl groups is 1. The number of anilines is 1. The van der Waals surface area contributed by atoms with E-state index >= 15 is 0 Å². The van der Waals surface area contributed by atoms with E-state index in [0.29, 0.717) is 11.4 Å². The van der Waals surface area contributed by atoms with Crippen LogP contribution < -0.4 is 10.7 Å². The Morgan fingerprint density at radius 1 is 1.08 bits per heavy atom. The maximum Gasteiger partial charge on any atom is 0.232 e. The van der Waals surface area contributed by atoms with Crippen molar-refractivity contribution in [3.63, 3.8) is 0 Å². The minimum atomic E-state index is -0.887. The first-order chi connectivity index (χ1) is 12.1. The summed E-state index contributed by atoms with van der Waals surface area (Å²) in [6, 6.07) is 10.8. The summed E-state index contributed by atoms with van der Waals surface area (Å²) in [5.41, 5.74) is -0.331. The van der Waals surface area contributed by atoms with E-state index in [0.717, 1.165) is 6.26 Å². The second kappa shape index (κ2) is 7.06. The third-order valence-electron chi connectivity index (χ3n) is 3.73. The lowest BCUT2D eigenvalue weighted by Crippen LogP contribution is -2.23. The van der Waals surface area contributed by atoms with Gasteiger partial charge in [-0.1, -0.05) is 24.3 Å². The fourth-order valence-corrected chi connectivity index (χ4v) is 2.56. The van der Waals surface area contributed by atoms with Crippen molar-refractivity contribution < 1.29 is 19.7 Å². The van der Waals surface area contributed by atoms with Crippen molar-refractivity contribution in [2.45, 2.75) is 12.6 Å². The molecule has 0 fully saturated rings. The van der Waals surface area contributed by atoms with Gasteiger partial charge in [0.25, 0.3) is 0 Å². The predicted octanol–water partition coefficient (Wildman–Crippen LogP) is 2.14. The molecule has 128 valence electrons. The summed E-state index contributed by atoms with van der Waals surface area (Å²) in [4.78, 5) is 16.7. The van der Waals surface area contributed by atoms with Crippen LogP contribution in [0.25, 0.3) is 0 Å². The van der Waals surface area contributed by atoms with Crippen LogP contribution in [0.5, 0.6) is 11.5 Å². The number of rotatable bonds is 5. The van der Waals surface area contributed by atoms with Gasteiger partial charge >= 0.3 is 0 Å². The Balaban J connectivity index is 2.21. The van der Waals surface area contributed by atoms with Crippen molar-refractivity contribution in [3.05, 3.63) is 82.0 Å². The monoisotopic (exact) mass is 340 g/mol. The molecule has 0 aliphatic rings. The zero-order chi connectivity index (χ0) is 17.8. The summed E-state index contributed by atoms with van der Waals surface area (Å²) in [7, 11) is 0. The molecule has 1 atom stereocenters. The number of nitrogens with zero attached hydrogens (tertiary/aromatic N) is 1. The van der Waals surface area contributed by atoms with Gasteiger partial charge in [-0.3, -0.25) is 4.79 Å². The van der Waals surface area contributed by atoms with Crippen molar-refractivity contribution in [2.24, 2.45) is 0 Å². The molecule has 2 heterocycles. The Bertz CT molecular complexity index is 924. The Morgan fingerprint density at radius 2 is 1.84 bits per heavy atom. The Labute approximate surface area is 142 Å². The van der Waals surface area contributed by atoms with Crippen molar-refractivity contribution in [2.75, 3.05) is 5.32 Å². The summed E-state index contributed by atoms with van der Waals surface area (Å²) in [5, 5.41) is 32.6. The van der Waals surface area contributed by atoms with Crippen LogP contribution in [0.1, 0.15) is 22.9 Å². The Hall–Kier alpha value is -3.32. The van der Waals surface area contributed by atoms with Gasteiger partial charge in [0, 0.05) is 11.8 Å². The molecule has 1 aromatic carbocycles. The van der Waals surface area contributed by atoms with Crippen LogP contribution in [0.2, 0.25) is 0 Å². The summed E-state index contributed by atoms with van der Waals surface area (Å²) in [5.74, 6) is -0.208. The highest BCUT2D eigenvalue weighted by molar-refractivity contribution is 5.49. The van der Waals surface area contributed by atoms with E-state index in [1.165, 1.54) is 6.07 Å². The van der Waals surface area contributed by atoms with Gasteiger partial charge in [-0.15, -0.1) is 0 Å². The zero-order valence-corrected chi connectivity index (χ0v) is 13.1. The molecule has 0 aliphatic carbocycles. The molecule has 0 spiro atoms. The number of aromatic hydroxyl groups is 2. The summed E-state index contributed by atoms with van der Waals surface area (Å²) in [6.07, 6.45) is 2.45. The first-order valence-electron chi connectivity index (χ1n) is 7.51. The van der Waals surface area contributed by atoms with Gasteiger partial charge < -0.3 is 25.1 Å². The molecule has 0 saturated carbocycles. The van der Waals surface area contributed by atoms with Crippen molar-refractivity contribution in [1.82, 2.24) is 4.98 Å². The summed E-state index contributed by atoms with van der Waals surface area (Å²) < 4.78 is 5.16. The van der Waals surface area contributed by atoms with Crippen LogP contribution >= 0.6 is 0 Å². The van der Waals surface area contributed by atoms with Gasteiger partial charge in [-0.05, 0) is 18.2 Å². The van der Waals surface area contributed by atoms with Gasteiger partial charge in [0.05, 0.1) is 11.6 Å². The molecule has 0 saturated heterocycles.